The number of nitrogens with zero attached hydrogens (tertiary/aromatic N) is 2. The molecule has 0 radical (unpaired) electrons. The lowest BCUT2D eigenvalue weighted by molar-refractivity contribution is 0.926. The molecular weight excluding hydrogens is 357 g/mol. The van der Waals surface area contributed by atoms with Gasteiger partial charge in [-0.1, -0.05) is 35.3 Å². The molecule has 3 aromatic rings. The fraction of sp³-hybridized carbons (Fsp3) is 0.111. The number of hydrogen-bond donors (Lipinski definition) is 3. The number of hydrogen-bond acceptors (Lipinski definition) is 2. The van der Waals surface area contributed by atoms with Crippen molar-refractivity contribution in [3.63, 3.8) is 0 Å². The predicted molar refractivity (Wildman–Crippen MR) is 106 cm³/mol. The van der Waals surface area contributed by atoms with Crippen LogP contribution in [0, 0.1) is 0 Å². The van der Waals surface area contributed by atoms with Crippen LogP contribution < -0.4 is 11.2 Å². The van der Waals surface area contributed by atoms with Crippen molar-refractivity contribution in [2.45, 2.75) is 6.42 Å². The number of aromatic nitrogens is 1. The molecule has 5 nitrogen and oxygen atoms in total. The second-order valence-corrected chi connectivity index (χ2v) is 6.32. The number of aromatic amines is 1. The van der Waals surface area contributed by atoms with Crippen molar-refractivity contribution >= 4 is 46.3 Å². The molecule has 2 aromatic carbocycles. The average molecular weight is 374 g/mol. The molecule has 0 saturated carbocycles. The number of rotatable bonds is 5. The number of hydrazone groups is 1. The SMILES string of the molecule is NC(=NCCc1ccc(Cl)cc1)N/N=C/c1c[nH]c2ccc(Cl)cc12. The zero-order valence-electron chi connectivity index (χ0n) is 13.3. The number of H-pyrrole nitrogens is 1. The van der Waals surface area contributed by atoms with Crippen molar-refractivity contribution < 1.29 is 0 Å². The quantitative estimate of drug-likeness (QED) is 0.359. The number of halogens is 2. The summed E-state index contributed by atoms with van der Waals surface area (Å²) >= 11 is 11.9. The van der Waals surface area contributed by atoms with Crippen LogP contribution in [0.2, 0.25) is 10.0 Å². The minimum absolute atomic E-state index is 0.267. The summed E-state index contributed by atoms with van der Waals surface area (Å²) in [5.74, 6) is 0.267. The van der Waals surface area contributed by atoms with E-state index < -0.39 is 0 Å². The van der Waals surface area contributed by atoms with Crippen molar-refractivity contribution in [3.8, 4) is 0 Å². The van der Waals surface area contributed by atoms with Gasteiger partial charge in [-0.05, 0) is 42.3 Å². The number of benzene rings is 2. The summed E-state index contributed by atoms with van der Waals surface area (Å²) in [4.78, 5) is 7.41. The molecule has 0 aliphatic rings. The first-order valence-corrected chi connectivity index (χ1v) is 8.47. The summed E-state index contributed by atoms with van der Waals surface area (Å²) < 4.78 is 0. The number of nitrogens with two attached hydrogens (primary N) is 1. The maximum absolute atomic E-state index is 6.03. The highest BCUT2D eigenvalue weighted by Crippen LogP contribution is 2.21. The molecule has 25 heavy (non-hydrogen) atoms. The topological polar surface area (TPSA) is 78.6 Å². The van der Waals surface area contributed by atoms with Gasteiger partial charge in [0.05, 0.1) is 6.21 Å². The molecule has 0 unspecified atom stereocenters. The third-order valence-corrected chi connectivity index (χ3v) is 4.14. The Morgan fingerprint density at radius 2 is 1.88 bits per heavy atom. The molecule has 0 aliphatic carbocycles. The van der Waals surface area contributed by atoms with Gasteiger partial charge in [-0.15, -0.1) is 0 Å². The lowest BCUT2D eigenvalue weighted by Gasteiger charge is -2.01. The lowest BCUT2D eigenvalue weighted by atomic mass is 10.1. The van der Waals surface area contributed by atoms with Gasteiger partial charge in [0.2, 0.25) is 5.96 Å². The Morgan fingerprint density at radius 3 is 2.68 bits per heavy atom. The van der Waals surface area contributed by atoms with Crippen molar-refractivity contribution in [2.75, 3.05) is 6.54 Å². The first-order valence-electron chi connectivity index (χ1n) is 7.72. The van der Waals surface area contributed by atoms with Crippen LogP contribution in [0.1, 0.15) is 11.1 Å². The van der Waals surface area contributed by atoms with Gasteiger partial charge in [0.1, 0.15) is 0 Å². The number of aliphatic imine (C=N–C) groups is 1. The van der Waals surface area contributed by atoms with Gasteiger partial charge in [-0.2, -0.15) is 5.10 Å². The van der Waals surface area contributed by atoms with Crippen LogP contribution in [-0.2, 0) is 6.42 Å². The third-order valence-electron chi connectivity index (χ3n) is 3.65. The van der Waals surface area contributed by atoms with Crippen LogP contribution >= 0.6 is 23.2 Å². The van der Waals surface area contributed by atoms with E-state index in [1.54, 1.807) is 6.21 Å². The molecule has 0 fully saturated rings. The molecule has 0 saturated heterocycles. The Balaban J connectivity index is 1.55. The largest absolute Gasteiger partial charge is 0.369 e. The first-order chi connectivity index (χ1) is 12.1. The predicted octanol–water partition coefficient (Wildman–Crippen LogP) is 3.96. The van der Waals surface area contributed by atoms with E-state index in [4.69, 9.17) is 28.9 Å². The Hall–Kier alpha value is -2.50. The van der Waals surface area contributed by atoms with Crippen molar-refractivity contribution in [2.24, 2.45) is 15.8 Å². The molecule has 0 amide bonds. The minimum atomic E-state index is 0.267. The molecule has 1 aromatic heterocycles. The smallest absolute Gasteiger partial charge is 0.209 e. The van der Waals surface area contributed by atoms with Crippen LogP contribution in [0.15, 0.2) is 58.8 Å². The fourth-order valence-electron chi connectivity index (χ4n) is 2.38. The summed E-state index contributed by atoms with van der Waals surface area (Å²) in [7, 11) is 0. The lowest BCUT2D eigenvalue weighted by Crippen LogP contribution is -2.27. The van der Waals surface area contributed by atoms with Crippen molar-refractivity contribution in [1.82, 2.24) is 10.4 Å². The van der Waals surface area contributed by atoms with Crippen LogP contribution in [0.25, 0.3) is 10.9 Å². The maximum Gasteiger partial charge on any atom is 0.209 e. The summed E-state index contributed by atoms with van der Waals surface area (Å²) in [5.41, 5.74) is 11.6. The van der Waals surface area contributed by atoms with Gasteiger partial charge in [-0.3, -0.25) is 4.99 Å². The van der Waals surface area contributed by atoms with E-state index in [2.05, 4.69) is 20.5 Å². The van der Waals surface area contributed by atoms with Gasteiger partial charge >= 0.3 is 0 Å². The normalized spacial score (nSPS) is 12.2. The standard InChI is InChI=1S/C18H17Cl2N5/c19-14-3-1-12(2-4-14)7-8-22-18(21)25-24-11-13-10-23-17-6-5-15(20)9-16(13)17/h1-6,9-11,23H,7-8H2,(H3,21,22,25)/b24-11+. The molecule has 1 heterocycles. The Labute approximate surface area is 155 Å². The van der Waals surface area contributed by atoms with E-state index in [-0.39, 0.29) is 5.96 Å². The summed E-state index contributed by atoms with van der Waals surface area (Å²) in [6.45, 7) is 0.568. The highest BCUT2D eigenvalue weighted by Gasteiger charge is 2.02. The highest BCUT2D eigenvalue weighted by molar-refractivity contribution is 6.31. The minimum Gasteiger partial charge on any atom is -0.369 e. The molecule has 128 valence electrons. The average Bonchev–Trinajstić information content (AvgIpc) is 2.99. The van der Waals surface area contributed by atoms with Crippen molar-refractivity contribution in [3.05, 3.63) is 69.8 Å². The Bertz CT molecular complexity index is 913. The van der Waals surface area contributed by atoms with Gasteiger partial charge in [0, 0.05) is 39.3 Å². The zero-order chi connectivity index (χ0) is 17.6. The molecular formula is C18H17Cl2N5. The van der Waals surface area contributed by atoms with E-state index >= 15 is 0 Å². The number of fused-ring (bicyclic) bond motifs is 1. The molecule has 7 heteroatoms. The number of nitrogens with one attached hydrogen (secondary N) is 2. The molecule has 0 aliphatic heterocycles. The van der Waals surface area contributed by atoms with Gasteiger partial charge in [-0.25, -0.2) is 5.43 Å². The molecule has 0 bridgehead atoms. The van der Waals surface area contributed by atoms with Crippen LogP contribution in [-0.4, -0.2) is 23.7 Å². The molecule has 0 atom stereocenters. The summed E-state index contributed by atoms with van der Waals surface area (Å²) in [6.07, 6.45) is 4.32. The monoisotopic (exact) mass is 373 g/mol. The summed E-state index contributed by atoms with van der Waals surface area (Å²) in [5, 5.41) is 6.52. The number of guanidine groups is 1. The van der Waals surface area contributed by atoms with Crippen molar-refractivity contribution in [1.29, 1.82) is 0 Å². The molecule has 0 spiro atoms. The fourth-order valence-corrected chi connectivity index (χ4v) is 2.68. The van der Waals surface area contributed by atoms with Crippen LogP contribution in [0.5, 0.6) is 0 Å². The van der Waals surface area contributed by atoms with E-state index in [9.17, 15) is 0 Å². The first kappa shape index (κ1) is 17.3. The Kier molecular flexibility index (Phi) is 5.58. The second kappa shape index (κ2) is 8.05. The highest BCUT2D eigenvalue weighted by atomic mass is 35.5. The second-order valence-electron chi connectivity index (χ2n) is 5.45. The van der Waals surface area contributed by atoms with Gasteiger partial charge < -0.3 is 10.7 Å². The zero-order valence-corrected chi connectivity index (χ0v) is 14.8. The Morgan fingerprint density at radius 1 is 1.12 bits per heavy atom. The molecule has 3 rings (SSSR count). The van der Waals surface area contributed by atoms with E-state index in [1.165, 1.54) is 0 Å². The third kappa shape index (κ3) is 4.75. The van der Waals surface area contributed by atoms with Gasteiger partial charge in [0.25, 0.3) is 0 Å². The van der Waals surface area contributed by atoms with Crippen LogP contribution in [0.4, 0.5) is 0 Å². The summed E-state index contributed by atoms with van der Waals surface area (Å²) in [6, 6.07) is 13.3. The van der Waals surface area contributed by atoms with E-state index in [0.29, 0.717) is 11.6 Å². The van der Waals surface area contributed by atoms with E-state index in [1.807, 2.05) is 48.7 Å². The van der Waals surface area contributed by atoms with Gasteiger partial charge in [0.15, 0.2) is 0 Å². The van der Waals surface area contributed by atoms with E-state index in [0.717, 1.165) is 33.5 Å². The molecule has 4 N–H and O–H groups in total. The maximum atomic E-state index is 6.03. The van der Waals surface area contributed by atoms with Crippen LogP contribution in [0.3, 0.4) is 0 Å².